The minimum Gasteiger partial charge on any atom is -0.481 e. The lowest BCUT2D eigenvalue weighted by Gasteiger charge is -2.04. The number of hydrogen-bond acceptors (Lipinski definition) is 4. The van der Waals surface area contributed by atoms with E-state index < -0.39 is 40.1 Å². The van der Waals surface area contributed by atoms with Crippen molar-refractivity contribution in [1.82, 2.24) is 0 Å². The highest BCUT2D eigenvalue weighted by Gasteiger charge is 2.27. The lowest BCUT2D eigenvalue weighted by atomic mass is 10.1. The average molecular weight is 212 g/mol. The summed E-state index contributed by atoms with van der Waals surface area (Å²) < 4.78 is 28.5. The van der Waals surface area contributed by atoms with Crippen LogP contribution in [0.5, 0.6) is 0 Å². The van der Waals surface area contributed by atoms with Crippen molar-refractivity contribution in [3.05, 3.63) is 0 Å². The number of carboxylic acid groups (broad SMARTS) is 2. The van der Waals surface area contributed by atoms with Crippen molar-refractivity contribution in [3.63, 3.8) is 0 Å². The summed E-state index contributed by atoms with van der Waals surface area (Å²) in [5.41, 5.74) is 0. The molecule has 0 bridgehead atoms. The Hall–Kier alpha value is -1.15. The van der Waals surface area contributed by atoms with E-state index in [0.717, 1.165) is 0 Å². The molecule has 0 aromatic rings. The lowest BCUT2D eigenvalue weighted by molar-refractivity contribution is -0.154. The standard InChI is InChI=1S/C5H8O7S/c6-4(7)3(5(8)9)1-2-13(10,11)12/h3H,1-2H2,(H,6,7)(H,8,9)(H,10,11,12). The molecule has 0 saturated heterocycles. The van der Waals surface area contributed by atoms with Crippen LogP contribution in [0.1, 0.15) is 6.42 Å². The maximum atomic E-state index is 10.2. The Morgan fingerprint density at radius 3 is 1.77 bits per heavy atom. The molecule has 3 N–H and O–H groups in total. The Bertz CT molecular complexity index is 289. The molecular formula is C5H8O7S. The van der Waals surface area contributed by atoms with Gasteiger partial charge in [0, 0.05) is 0 Å². The lowest BCUT2D eigenvalue weighted by Crippen LogP contribution is -2.25. The van der Waals surface area contributed by atoms with E-state index in [-0.39, 0.29) is 0 Å². The monoisotopic (exact) mass is 212 g/mol. The maximum absolute atomic E-state index is 10.2. The van der Waals surface area contributed by atoms with E-state index in [1.165, 1.54) is 0 Å². The van der Waals surface area contributed by atoms with Gasteiger partial charge >= 0.3 is 11.9 Å². The molecule has 0 rings (SSSR count). The number of rotatable bonds is 5. The Balaban J connectivity index is 4.30. The molecule has 0 fully saturated rings. The quantitative estimate of drug-likeness (QED) is 0.395. The van der Waals surface area contributed by atoms with Crippen LogP contribution in [0.15, 0.2) is 0 Å². The van der Waals surface area contributed by atoms with Gasteiger partial charge < -0.3 is 10.2 Å². The first-order chi connectivity index (χ1) is 5.74. The SMILES string of the molecule is O=C(O)C(CCS(=O)(=O)O)C(=O)O. The van der Waals surface area contributed by atoms with Crippen LogP contribution in [0.4, 0.5) is 0 Å². The summed E-state index contributed by atoms with van der Waals surface area (Å²) in [6.45, 7) is 0. The molecule has 0 aliphatic carbocycles. The minimum atomic E-state index is -4.31. The third-order valence-corrected chi connectivity index (χ3v) is 2.01. The van der Waals surface area contributed by atoms with Crippen LogP contribution in [0.2, 0.25) is 0 Å². The van der Waals surface area contributed by atoms with Crippen LogP contribution in [-0.4, -0.2) is 40.9 Å². The summed E-state index contributed by atoms with van der Waals surface area (Å²) in [6, 6.07) is 0. The highest BCUT2D eigenvalue weighted by atomic mass is 32.2. The molecule has 8 heteroatoms. The summed E-state index contributed by atoms with van der Waals surface area (Å²) >= 11 is 0. The van der Waals surface area contributed by atoms with Gasteiger partial charge in [0.2, 0.25) is 0 Å². The van der Waals surface area contributed by atoms with Crippen LogP contribution < -0.4 is 0 Å². The van der Waals surface area contributed by atoms with Gasteiger partial charge in [-0.3, -0.25) is 14.1 Å². The predicted molar refractivity (Wildman–Crippen MR) is 39.8 cm³/mol. The number of hydrogen-bond donors (Lipinski definition) is 3. The fraction of sp³-hybridized carbons (Fsp3) is 0.600. The highest BCUT2D eigenvalue weighted by molar-refractivity contribution is 7.85. The summed E-state index contributed by atoms with van der Waals surface area (Å²) in [5, 5.41) is 16.6. The van der Waals surface area contributed by atoms with Crippen molar-refractivity contribution < 1.29 is 32.8 Å². The van der Waals surface area contributed by atoms with Crippen molar-refractivity contribution in [3.8, 4) is 0 Å². The van der Waals surface area contributed by atoms with E-state index in [2.05, 4.69) is 0 Å². The third kappa shape index (κ3) is 5.15. The molecule has 13 heavy (non-hydrogen) atoms. The summed E-state index contributed by atoms with van der Waals surface area (Å²) in [6.07, 6.45) is -0.649. The molecule has 0 heterocycles. The molecular weight excluding hydrogens is 204 g/mol. The minimum absolute atomic E-state index is 0.649. The van der Waals surface area contributed by atoms with Gasteiger partial charge in [0.1, 0.15) is 0 Å². The first kappa shape index (κ1) is 11.8. The van der Waals surface area contributed by atoms with Crippen LogP contribution in [-0.2, 0) is 19.7 Å². The second kappa shape index (κ2) is 4.19. The van der Waals surface area contributed by atoms with Gasteiger partial charge in [0.25, 0.3) is 10.1 Å². The molecule has 0 radical (unpaired) electrons. The first-order valence-electron chi connectivity index (χ1n) is 3.15. The van der Waals surface area contributed by atoms with Crippen LogP contribution in [0.3, 0.4) is 0 Å². The zero-order valence-electron chi connectivity index (χ0n) is 6.37. The molecule has 0 aliphatic heterocycles. The Morgan fingerprint density at radius 2 is 1.54 bits per heavy atom. The zero-order valence-corrected chi connectivity index (χ0v) is 7.19. The molecule has 0 amide bonds. The number of carboxylic acids is 2. The van der Waals surface area contributed by atoms with Crippen molar-refractivity contribution in [2.75, 3.05) is 5.75 Å². The van der Waals surface area contributed by atoms with Crippen LogP contribution in [0.25, 0.3) is 0 Å². The van der Waals surface area contributed by atoms with Crippen molar-refractivity contribution >= 4 is 22.1 Å². The third-order valence-electron chi connectivity index (χ3n) is 1.26. The predicted octanol–water partition coefficient (Wildman–Crippen LogP) is -0.950. The second-order valence-corrected chi connectivity index (χ2v) is 3.88. The smallest absolute Gasteiger partial charge is 0.317 e. The highest BCUT2D eigenvalue weighted by Crippen LogP contribution is 2.05. The fourth-order valence-corrected chi connectivity index (χ4v) is 1.15. The molecule has 76 valence electrons. The molecule has 0 spiro atoms. The molecule has 0 atom stereocenters. The fourth-order valence-electron chi connectivity index (χ4n) is 0.619. The molecule has 7 nitrogen and oxygen atoms in total. The molecule has 0 aromatic heterocycles. The summed E-state index contributed by atoms with van der Waals surface area (Å²) in [7, 11) is -4.31. The Kier molecular flexibility index (Phi) is 3.82. The second-order valence-electron chi connectivity index (χ2n) is 2.30. The molecule has 0 saturated carbocycles. The largest absolute Gasteiger partial charge is 0.481 e. The first-order valence-corrected chi connectivity index (χ1v) is 4.75. The summed E-state index contributed by atoms with van der Waals surface area (Å²) in [4.78, 5) is 20.4. The molecule has 0 aromatic carbocycles. The average Bonchev–Trinajstić information content (AvgIpc) is 1.82. The van der Waals surface area contributed by atoms with Crippen LogP contribution in [0, 0.1) is 5.92 Å². The van der Waals surface area contributed by atoms with E-state index in [4.69, 9.17) is 14.8 Å². The molecule has 0 unspecified atom stereocenters. The van der Waals surface area contributed by atoms with Crippen LogP contribution >= 0.6 is 0 Å². The van der Waals surface area contributed by atoms with E-state index in [0.29, 0.717) is 0 Å². The van der Waals surface area contributed by atoms with Gasteiger partial charge in [-0.15, -0.1) is 0 Å². The summed E-state index contributed by atoms with van der Waals surface area (Å²) in [5.74, 6) is -5.94. The van der Waals surface area contributed by atoms with E-state index in [9.17, 15) is 18.0 Å². The van der Waals surface area contributed by atoms with E-state index in [1.807, 2.05) is 0 Å². The van der Waals surface area contributed by atoms with E-state index in [1.54, 1.807) is 0 Å². The van der Waals surface area contributed by atoms with Gasteiger partial charge in [-0.1, -0.05) is 0 Å². The Labute approximate surface area is 73.7 Å². The van der Waals surface area contributed by atoms with Crippen molar-refractivity contribution in [2.24, 2.45) is 5.92 Å². The van der Waals surface area contributed by atoms with Gasteiger partial charge in [-0.2, -0.15) is 8.42 Å². The van der Waals surface area contributed by atoms with Gasteiger partial charge in [0.15, 0.2) is 5.92 Å². The molecule has 0 aliphatic rings. The number of carbonyl (C=O) groups is 2. The van der Waals surface area contributed by atoms with Gasteiger partial charge in [-0.05, 0) is 6.42 Å². The van der Waals surface area contributed by atoms with E-state index >= 15 is 0 Å². The number of aliphatic carboxylic acids is 2. The van der Waals surface area contributed by atoms with Crippen molar-refractivity contribution in [2.45, 2.75) is 6.42 Å². The topological polar surface area (TPSA) is 129 Å². The Morgan fingerprint density at radius 1 is 1.15 bits per heavy atom. The van der Waals surface area contributed by atoms with Gasteiger partial charge in [-0.25, -0.2) is 0 Å². The zero-order chi connectivity index (χ0) is 10.6. The van der Waals surface area contributed by atoms with Crippen molar-refractivity contribution in [1.29, 1.82) is 0 Å². The normalized spacial score (nSPS) is 11.5. The maximum Gasteiger partial charge on any atom is 0.317 e. The van der Waals surface area contributed by atoms with Gasteiger partial charge in [0.05, 0.1) is 5.75 Å².